The summed E-state index contributed by atoms with van der Waals surface area (Å²) in [6.07, 6.45) is 36.4. The molecule has 0 nitrogen and oxygen atoms in total. The van der Waals surface area contributed by atoms with Gasteiger partial charge in [-0.05, 0) is 63.4 Å². The van der Waals surface area contributed by atoms with Gasteiger partial charge in [-0.25, -0.2) is 0 Å². The van der Waals surface area contributed by atoms with E-state index in [0.717, 1.165) is 6.42 Å². The SMILES string of the molecule is CCCC=CCCC(CC=CCCCC)=C(C=CCCCCC)CCCCCC. The highest BCUT2D eigenvalue weighted by Gasteiger charge is 2.04. The van der Waals surface area contributed by atoms with Gasteiger partial charge < -0.3 is 0 Å². The van der Waals surface area contributed by atoms with Crippen LogP contribution in [0.25, 0.3) is 0 Å². The molecule has 0 aliphatic heterocycles. The maximum absolute atomic E-state index is 2.49. The topological polar surface area (TPSA) is 0 Å². The molecule has 0 aromatic carbocycles. The molecule has 0 atom stereocenters. The van der Waals surface area contributed by atoms with Gasteiger partial charge in [-0.3, -0.25) is 0 Å². The average Bonchev–Trinajstić information content (AvgIpc) is 2.73. The molecule has 0 saturated heterocycles. The van der Waals surface area contributed by atoms with Crippen molar-refractivity contribution in [2.24, 2.45) is 0 Å². The van der Waals surface area contributed by atoms with E-state index in [9.17, 15) is 0 Å². The zero-order valence-electron chi connectivity index (χ0n) is 20.5. The van der Waals surface area contributed by atoms with Gasteiger partial charge in [0.25, 0.3) is 0 Å². The summed E-state index contributed by atoms with van der Waals surface area (Å²) in [5, 5.41) is 0. The maximum atomic E-state index is 2.49. The molecule has 0 bridgehead atoms. The van der Waals surface area contributed by atoms with Gasteiger partial charge in [-0.15, -0.1) is 0 Å². The molecule has 0 rings (SSSR count). The summed E-state index contributed by atoms with van der Waals surface area (Å²) in [6, 6.07) is 0. The van der Waals surface area contributed by atoms with Crippen LogP contribution in [0.5, 0.6) is 0 Å². The zero-order valence-corrected chi connectivity index (χ0v) is 20.5. The van der Waals surface area contributed by atoms with Crippen LogP contribution in [0.1, 0.15) is 137 Å². The van der Waals surface area contributed by atoms with Crippen LogP contribution < -0.4 is 0 Å². The van der Waals surface area contributed by atoms with Crippen LogP contribution in [-0.2, 0) is 0 Å². The fourth-order valence-electron chi connectivity index (χ4n) is 3.58. The van der Waals surface area contributed by atoms with E-state index in [2.05, 4.69) is 64.2 Å². The number of allylic oxidation sites excluding steroid dienone is 8. The Morgan fingerprint density at radius 2 is 1.14 bits per heavy atom. The predicted molar refractivity (Wildman–Crippen MR) is 136 cm³/mol. The zero-order chi connectivity index (χ0) is 21.4. The Morgan fingerprint density at radius 1 is 0.483 bits per heavy atom. The van der Waals surface area contributed by atoms with Gasteiger partial charge in [0.1, 0.15) is 0 Å². The Kier molecular flexibility index (Phi) is 22.4. The highest BCUT2D eigenvalue weighted by atomic mass is 14.1. The van der Waals surface area contributed by atoms with Crippen molar-refractivity contribution in [2.75, 3.05) is 0 Å². The molecule has 0 N–H and O–H groups in total. The fourth-order valence-corrected chi connectivity index (χ4v) is 3.58. The highest BCUT2D eigenvalue weighted by molar-refractivity contribution is 5.28. The van der Waals surface area contributed by atoms with E-state index in [1.54, 1.807) is 11.1 Å². The summed E-state index contributed by atoms with van der Waals surface area (Å²) in [5.74, 6) is 0. The molecule has 0 amide bonds. The van der Waals surface area contributed by atoms with Gasteiger partial charge in [-0.1, -0.05) is 121 Å². The molecule has 0 saturated carbocycles. The van der Waals surface area contributed by atoms with Gasteiger partial charge in [0.15, 0.2) is 0 Å². The first-order valence-electron chi connectivity index (χ1n) is 13.0. The second-order valence-corrected chi connectivity index (χ2v) is 8.45. The molecule has 29 heavy (non-hydrogen) atoms. The minimum atomic E-state index is 1.15. The Morgan fingerprint density at radius 3 is 1.86 bits per heavy atom. The molecule has 0 radical (unpaired) electrons. The Bertz CT molecular complexity index is 447. The molecule has 0 fully saturated rings. The summed E-state index contributed by atoms with van der Waals surface area (Å²) in [4.78, 5) is 0. The summed E-state index contributed by atoms with van der Waals surface area (Å²) >= 11 is 0. The van der Waals surface area contributed by atoms with Gasteiger partial charge in [0.2, 0.25) is 0 Å². The molecule has 0 heteroatoms. The van der Waals surface area contributed by atoms with Gasteiger partial charge >= 0.3 is 0 Å². The third-order valence-corrected chi connectivity index (χ3v) is 5.54. The van der Waals surface area contributed by atoms with Gasteiger partial charge in [0, 0.05) is 0 Å². The molecule has 0 aliphatic carbocycles. The third kappa shape index (κ3) is 18.7. The van der Waals surface area contributed by atoms with Crippen LogP contribution in [-0.4, -0.2) is 0 Å². The fraction of sp³-hybridized carbons (Fsp3) is 0.724. The Hall–Kier alpha value is -1.04. The summed E-state index contributed by atoms with van der Waals surface area (Å²) in [5.41, 5.74) is 3.32. The number of hydrogen-bond acceptors (Lipinski definition) is 0. The van der Waals surface area contributed by atoms with Crippen molar-refractivity contribution < 1.29 is 0 Å². The van der Waals surface area contributed by atoms with Crippen LogP contribution in [0.15, 0.2) is 47.6 Å². The molecule has 0 unspecified atom stereocenters. The first-order chi connectivity index (χ1) is 14.3. The first-order valence-corrected chi connectivity index (χ1v) is 13.0. The second kappa shape index (κ2) is 23.2. The monoisotopic (exact) mass is 400 g/mol. The van der Waals surface area contributed by atoms with Gasteiger partial charge in [-0.2, -0.15) is 0 Å². The number of hydrogen-bond donors (Lipinski definition) is 0. The standard InChI is InChI=1S/C29H52/c1-5-9-13-17-21-25-28(24-20-16-12-8-4)29(26-22-18-14-10-6-2)27-23-19-15-11-7-3/h14,18-19,21,23,25H,5-13,15-17,20,22,24,26-27H2,1-4H3. The molecule has 0 heterocycles. The predicted octanol–water partition coefficient (Wildman–Crippen LogP) is 10.7. The van der Waals surface area contributed by atoms with Crippen molar-refractivity contribution in [1.82, 2.24) is 0 Å². The largest absolute Gasteiger partial charge is 0.0885 e. The van der Waals surface area contributed by atoms with Crippen molar-refractivity contribution in [3.05, 3.63) is 47.6 Å². The quantitative estimate of drug-likeness (QED) is 0.108. The molecule has 0 aromatic rings. The van der Waals surface area contributed by atoms with E-state index >= 15 is 0 Å². The molecule has 168 valence electrons. The van der Waals surface area contributed by atoms with Crippen LogP contribution >= 0.6 is 0 Å². The van der Waals surface area contributed by atoms with Crippen LogP contribution in [0.2, 0.25) is 0 Å². The normalized spacial score (nSPS) is 13.2. The lowest BCUT2D eigenvalue weighted by molar-refractivity contribution is 0.663. The molecule has 0 aliphatic rings. The van der Waals surface area contributed by atoms with Gasteiger partial charge in [0.05, 0.1) is 0 Å². The molecule has 0 spiro atoms. The third-order valence-electron chi connectivity index (χ3n) is 5.54. The van der Waals surface area contributed by atoms with Crippen LogP contribution in [0.4, 0.5) is 0 Å². The summed E-state index contributed by atoms with van der Waals surface area (Å²) in [7, 11) is 0. The molecule has 0 aromatic heterocycles. The smallest absolute Gasteiger partial charge is 0.0133 e. The lowest BCUT2D eigenvalue weighted by atomic mass is 9.94. The number of rotatable bonds is 20. The minimum Gasteiger partial charge on any atom is -0.0885 e. The lowest BCUT2D eigenvalue weighted by Gasteiger charge is -2.12. The second-order valence-electron chi connectivity index (χ2n) is 8.45. The summed E-state index contributed by atoms with van der Waals surface area (Å²) < 4.78 is 0. The van der Waals surface area contributed by atoms with Crippen LogP contribution in [0, 0.1) is 0 Å². The molecular weight excluding hydrogens is 348 g/mol. The highest BCUT2D eigenvalue weighted by Crippen LogP contribution is 2.24. The van der Waals surface area contributed by atoms with Crippen molar-refractivity contribution in [3.63, 3.8) is 0 Å². The van der Waals surface area contributed by atoms with Crippen LogP contribution in [0.3, 0.4) is 0 Å². The minimum absolute atomic E-state index is 1.15. The first kappa shape index (κ1) is 28.0. The average molecular weight is 401 g/mol. The Labute approximate surface area is 184 Å². The molecular formula is C29H52. The lowest BCUT2D eigenvalue weighted by Crippen LogP contribution is -1.92. The van der Waals surface area contributed by atoms with E-state index in [1.165, 1.54) is 103 Å². The van der Waals surface area contributed by atoms with Crippen molar-refractivity contribution >= 4 is 0 Å². The van der Waals surface area contributed by atoms with Crippen molar-refractivity contribution in [1.29, 1.82) is 0 Å². The van der Waals surface area contributed by atoms with E-state index in [-0.39, 0.29) is 0 Å². The van der Waals surface area contributed by atoms with E-state index < -0.39 is 0 Å². The number of unbranched alkanes of at least 4 members (excludes halogenated alkanes) is 9. The maximum Gasteiger partial charge on any atom is -0.0133 e. The van der Waals surface area contributed by atoms with Crippen molar-refractivity contribution in [3.8, 4) is 0 Å². The van der Waals surface area contributed by atoms with E-state index in [0.29, 0.717) is 0 Å². The van der Waals surface area contributed by atoms with E-state index in [1.807, 2.05) is 0 Å². The van der Waals surface area contributed by atoms with E-state index in [4.69, 9.17) is 0 Å². The Balaban J connectivity index is 5.14. The summed E-state index contributed by atoms with van der Waals surface area (Å²) in [6.45, 7) is 9.13. The van der Waals surface area contributed by atoms with Crippen molar-refractivity contribution in [2.45, 2.75) is 137 Å².